The summed E-state index contributed by atoms with van der Waals surface area (Å²) in [6, 6.07) is 7.56. The van der Waals surface area contributed by atoms with E-state index in [-0.39, 0.29) is 15.1 Å². The standard InChI is InChI=1S/C12H4Cl3NOS/c13-7-8(14)11(17)9(15)12-10(7)16-5-3-1-2-4-6(5)18-12/h1-4H. The molecule has 0 fully saturated rings. The Hall–Kier alpha value is -0.870. The Bertz CT molecular complexity index is 799. The van der Waals surface area contributed by atoms with Crippen molar-refractivity contribution >= 4 is 56.4 Å². The van der Waals surface area contributed by atoms with Gasteiger partial charge in [0.25, 0.3) is 0 Å². The van der Waals surface area contributed by atoms with Gasteiger partial charge in [0.05, 0.1) is 20.1 Å². The van der Waals surface area contributed by atoms with Crippen molar-refractivity contribution in [1.29, 1.82) is 0 Å². The van der Waals surface area contributed by atoms with Crippen molar-refractivity contribution < 1.29 is 0 Å². The minimum Gasteiger partial charge on any atom is -0.286 e. The summed E-state index contributed by atoms with van der Waals surface area (Å²) < 4.78 is 0.935. The van der Waals surface area contributed by atoms with Crippen LogP contribution in [0.3, 0.4) is 0 Å². The third-order valence-electron chi connectivity index (χ3n) is 2.52. The molecule has 0 saturated heterocycles. The van der Waals surface area contributed by atoms with Crippen LogP contribution in [0.1, 0.15) is 0 Å². The van der Waals surface area contributed by atoms with Gasteiger partial charge in [-0.15, -0.1) is 11.3 Å². The minimum absolute atomic E-state index is 0.0719. The van der Waals surface area contributed by atoms with Gasteiger partial charge in [0.2, 0.25) is 5.43 Å². The van der Waals surface area contributed by atoms with Crippen LogP contribution in [-0.2, 0) is 0 Å². The highest BCUT2D eigenvalue weighted by molar-refractivity contribution is 7.22. The van der Waals surface area contributed by atoms with Crippen LogP contribution in [0.4, 0.5) is 0 Å². The Labute approximate surface area is 121 Å². The number of hydrogen-bond donors (Lipinski definition) is 0. The van der Waals surface area contributed by atoms with Gasteiger partial charge in [-0.3, -0.25) is 4.79 Å². The Morgan fingerprint density at radius 1 is 1.00 bits per heavy atom. The van der Waals surface area contributed by atoms with Crippen molar-refractivity contribution in [2.24, 2.45) is 0 Å². The number of benzene rings is 2. The van der Waals surface area contributed by atoms with Crippen LogP contribution in [-0.4, -0.2) is 4.98 Å². The number of rotatable bonds is 0. The Kier molecular flexibility index (Phi) is 2.94. The Balaban J connectivity index is 2.58. The van der Waals surface area contributed by atoms with Gasteiger partial charge in [0.1, 0.15) is 15.7 Å². The summed E-state index contributed by atoms with van der Waals surface area (Å²) in [5, 5.41) is 0.148. The normalized spacial score (nSPS) is 11.3. The Morgan fingerprint density at radius 3 is 2.50 bits per heavy atom. The van der Waals surface area contributed by atoms with Crippen molar-refractivity contribution in [2.75, 3.05) is 0 Å². The quantitative estimate of drug-likeness (QED) is 0.443. The number of aromatic nitrogens is 1. The highest BCUT2D eigenvalue weighted by atomic mass is 35.5. The van der Waals surface area contributed by atoms with E-state index in [0.717, 1.165) is 10.2 Å². The van der Waals surface area contributed by atoms with Crippen LogP contribution in [0.15, 0.2) is 29.1 Å². The van der Waals surface area contributed by atoms with Crippen molar-refractivity contribution in [3.63, 3.8) is 0 Å². The molecule has 90 valence electrons. The van der Waals surface area contributed by atoms with Gasteiger partial charge < -0.3 is 0 Å². The molecule has 1 aliphatic carbocycles. The van der Waals surface area contributed by atoms with Crippen LogP contribution >= 0.6 is 46.1 Å². The number of hydrogen-bond acceptors (Lipinski definition) is 3. The minimum atomic E-state index is -0.454. The van der Waals surface area contributed by atoms with Gasteiger partial charge in [-0.2, -0.15) is 0 Å². The van der Waals surface area contributed by atoms with E-state index in [9.17, 15) is 4.79 Å². The first kappa shape index (κ1) is 12.2. The predicted octanol–water partition coefficient (Wildman–Crippen LogP) is 4.72. The van der Waals surface area contributed by atoms with Crippen LogP contribution in [0, 0.1) is 0 Å². The number of halogens is 3. The molecule has 1 heterocycles. The van der Waals surface area contributed by atoms with Gasteiger partial charge in [-0.1, -0.05) is 46.9 Å². The van der Waals surface area contributed by atoms with E-state index in [0.29, 0.717) is 10.6 Å². The zero-order valence-electron chi connectivity index (χ0n) is 8.71. The maximum absolute atomic E-state index is 11.8. The van der Waals surface area contributed by atoms with Crippen LogP contribution in [0.2, 0.25) is 15.1 Å². The first-order valence-corrected chi connectivity index (χ1v) is 6.90. The first-order chi connectivity index (χ1) is 8.59. The van der Waals surface area contributed by atoms with Crippen molar-refractivity contribution in [3.8, 4) is 10.6 Å². The lowest BCUT2D eigenvalue weighted by molar-refractivity contribution is 1.41. The van der Waals surface area contributed by atoms with E-state index < -0.39 is 5.43 Å². The molecule has 2 nitrogen and oxygen atoms in total. The fraction of sp³-hybridized carbons (Fsp3) is 0. The second-order valence-electron chi connectivity index (χ2n) is 3.63. The molecule has 1 aromatic carbocycles. The molecule has 0 spiro atoms. The maximum atomic E-state index is 11.8. The predicted molar refractivity (Wildman–Crippen MR) is 77.5 cm³/mol. The third kappa shape index (κ3) is 1.70. The van der Waals surface area contributed by atoms with E-state index in [1.807, 2.05) is 24.3 Å². The average molecular weight is 317 g/mol. The molecule has 0 radical (unpaired) electrons. The summed E-state index contributed by atoms with van der Waals surface area (Å²) in [4.78, 5) is 16.7. The van der Waals surface area contributed by atoms with Gasteiger partial charge in [0.15, 0.2) is 0 Å². The first-order valence-electron chi connectivity index (χ1n) is 4.95. The lowest BCUT2D eigenvalue weighted by Gasteiger charge is -2.10. The third-order valence-corrected chi connectivity index (χ3v) is 4.99. The molecule has 1 aromatic rings. The topological polar surface area (TPSA) is 30.0 Å². The SMILES string of the molecule is O=c1c(Cl)c2sc3ccccc3nc-2c(Cl)c1Cl. The summed E-state index contributed by atoms with van der Waals surface area (Å²) in [5.74, 6) is 0. The average Bonchev–Trinajstić information content (AvgIpc) is 2.41. The largest absolute Gasteiger partial charge is 0.286 e. The highest BCUT2D eigenvalue weighted by Crippen LogP contribution is 2.40. The van der Waals surface area contributed by atoms with E-state index in [2.05, 4.69) is 4.98 Å². The second-order valence-corrected chi connectivity index (χ2v) is 5.82. The molecular formula is C12H4Cl3NOS. The van der Waals surface area contributed by atoms with Gasteiger partial charge in [0, 0.05) is 0 Å². The van der Waals surface area contributed by atoms with Gasteiger partial charge in [-0.05, 0) is 12.1 Å². The van der Waals surface area contributed by atoms with Crippen molar-refractivity contribution in [1.82, 2.24) is 4.98 Å². The lowest BCUT2D eigenvalue weighted by Crippen LogP contribution is -2.06. The molecule has 6 heteroatoms. The molecule has 0 saturated carbocycles. The number of nitrogens with zero attached hydrogens (tertiary/aromatic N) is 1. The van der Waals surface area contributed by atoms with Crippen molar-refractivity contribution in [3.05, 3.63) is 49.6 Å². The molecule has 0 bridgehead atoms. The fourth-order valence-electron chi connectivity index (χ4n) is 1.67. The molecule has 0 amide bonds. The maximum Gasteiger partial charge on any atom is 0.218 e. The molecule has 18 heavy (non-hydrogen) atoms. The molecule has 3 rings (SSSR count). The van der Waals surface area contributed by atoms with Gasteiger partial charge in [-0.25, -0.2) is 4.98 Å². The molecule has 1 aliphatic heterocycles. The number of para-hydroxylation sites is 1. The zero-order valence-corrected chi connectivity index (χ0v) is 11.8. The molecule has 0 unspecified atom stereocenters. The molecular weight excluding hydrogens is 313 g/mol. The van der Waals surface area contributed by atoms with Crippen molar-refractivity contribution in [2.45, 2.75) is 0 Å². The van der Waals surface area contributed by atoms with E-state index >= 15 is 0 Å². The van der Waals surface area contributed by atoms with Gasteiger partial charge >= 0.3 is 0 Å². The van der Waals surface area contributed by atoms with E-state index in [1.165, 1.54) is 11.3 Å². The summed E-state index contributed by atoms with van der Waals surface area (Å²) in [6.07, 6.45) is 0. The second kappa shape index (κ2) is 4.35. The van der Waals surface area contributed by atoms with E-state index in [1.54, 1.807) is 0 Å². The molecule has 0 N–H and O–H groups in total. The number of fused-ring (bicyclic) bond motifs is 2. The molecule has 0 atom stereocenters. The monoisotopic (exact) mass is 315 g/mol. The zero-order chi connectivity index (χ0) is 12.9. The smallest absolute Gasteiger partial charge is 0.218 e. The summed E-state index contributed by atoms with van der Waals surface area (Å²) in [5.41, 5.74) is 0.807. The summed E-state index contributed by atoms with van der Waals surface area (Å²) >= 11 is 19.3. The van der Waals surface area contributed by atoms with Crippen LogP contribution < -0.4 is 5.43 Å². The molecule has 0 aromatic heterocycles. The fourth-order valence-corrected chi connectivity index (χ4v) is 3.49. The summed E-state index contributed by atoms with van der Waals surface area (Å²) in [7, 11) is 0. The lowest BCUT2D eigenvalue weighted by atomic mass is 10.2. The summed E-state index contributed by atoms with van der Waals surface area (Å²) in [6.45, 7) is 0. The highest BCUT2D eigenvalue weighted by Gasteiger charge is 2.21. The molecule has 2 aliphatic rings. The van der Waals surface area contributed by atoms with Crippen LogP contribution in [0.25, 0.3) is 20.8 Å². The van der Waals surface area contributed by atoms with E-state index in [4.69, 9.17) is 34.8 Å². The van der Waals surface area contributed by atoms with Crippen LogP contribution in [0.5, 0.6) is 0 Å². The Morgan fingerprint density at radius 2 is 1.72 bits per heavy atom.